The number of benzene rings is 3. The molecule has 2 aromatic heterocycles. The molecule has 1 N–H and O–H groups in total. The van der Waals surface area contributed by atoms with Gasteiger partial charge in [0, 0.05) is 28.5 Å². The molecule has 192 valence electrons. The highest BCUT2D eigenvalue weighted by molar-refractivity contribution is 5.81. The molecule has 0 saturated carbocycles. The Labute approximate surface area is 221 Å². The van der Waals surface area contributed by atoms with Gasteiger partial charge in [-0.15, -0.1) is 0 Å². The lowest BCUT2D eigenvalue weighted by Crippen LogP contribution is -2.29. The summed E-state index contributed by atoms with van der Waals surface area (Å²) in [6.07, 6.45) is -1.24. The largest absolute Gasteiger partial charge is 0.479 e. The third kappa shape index (κ3) is 5.28. The standard InChI is InChI=1S/C31H29N3O4/c1-20-27(29(30(35)36)38-31(2,3)4)28(22-15-17-24(18-16-22)37-23-13-9-6-10-14-23)34-26(32-20)19-25(33-34)21-11-7-5-8-12-21/h5-19,29H,1-4H3,(H,35,36). The van der Waals surface area contributed by atoms with Crippen LogP contribution in [0.2, 0.25) is 0 Å². The van der Waals surface area contributed by atoms with Crippen LogP contribution in [0.25, 0.3) is 28.2 Å². The van der Waals surface area contributed by atoms with Gasteiger partial charge >= 0.3 is 5.97 Å². The maximum Gasteiger partial charge on any atom is 0.337 e. The first-order valence-corrected chi connectivity index (χ1v) is 12.4. The summed E-state index contributed by atoms with van der Waals surface area (Å²) in [4.78, 5) is 17.3. The van der Waals surface area contributed by atoms with Crippen molar-refractivity contribution in [3.63, 3.8) is 0 Å². The van der Waals surface area contributed by atoms with Crippen LogP contribution >= 0.6 is 0 Å². The molecule has 2 heterocycles. The van der Waals surface area contributed by atoms with Crippen LogP contribution in [0.5, 0.6) is 11.5 Å². The quantitative estimate of drug-likeness (QED) is 0.253. The number of aryl methyl sites for hydroxylation is 1. The van der Waals surface area contributed by atoms with Gasteiger partial charge in [0.1, 0.15) is 11.5 Å². The molecule has 0 aliphatic carbocycles. The summed E-state index contributed by atoms with van der Waals surface area (Å²) in [7, 11) is 0. The minimum atomic E-state index is -1.24. The molecule has 0 saturated heterocycles. The highest BCUT2D eigenvalue weighted by Gasteiger charge is 2.33. The highest BCUT2D eigenvalue weighted by atomic mass is 16.5. The van der Waals surface area contributed by atoms with Gasteiger partial charge in [-0.2, -0.15) is 5.10 Å². The fourth-order valence-electron chi connectivity index (χ4n) is 4.37. The molecule has 3 aromatic carbocycles. The number of carbonyl (C=O) groups is 1. The van der Waals surface area contributed by atoms with E-state index in [1.807, 2.05) is 119 Å². The second-order valence-corrected chi connectivity index (χ2v) is 10.0. The van der Waals surface area contributed by atoms with E-state index in [0.717, 1.165) is 22.6 Å². The number of carboxylic acid groups (broad SMARTS) is 1. The van der Waals surface area contributed by atoms with E-state index >= 15 is 0 Å². The number of aromatic nitrogens is 3. The number of fused-ring (bicyclic) bond motifs is 1. The molecule has 7 heteroatoms. The highest BCUT2D eigenvalue weighted by Crippen LogP contribution is 2.37. The molecular weight excluding hydrogens is 478 g/mol. The van der Waals surface area contributed by atoms with E-state index in [1.54, 1.807) is 4.52 Å². The molecule has 5 aromatic rings. The van der Waals surface area contributed by atoms with Crippen molar-refractivity contribution in [3.05, 3.63) is 102 Å². The minimum Gasteiger partial charge on any atom is -0.479 e. The van der Waals surface area contributed by atoms with Crippen LogP contribution in [0.3, 0.4) is 0 Å². The number of para-hydroxylation sites is 1. The Balaban J connectivity index is 1.69. The van der Waals surface area contributed by atoms with Gasteiger partial charge in [0.25, 0.3) is 0 Å². The number of aliphatic carboxylic acids is 1. The zero-order chi connectivity index (χ0) is 26.9. The fraction of sp³-hybridized carbons (Fsp3) is 0.194. The van der Waals surface area contributed by atoms with Gasteiger partial charge in [-0.1, -0.05) is 48.5 Å². The smallest absolute Gasteiger partial charge is 0.337 e. The monoisotopic (exact) mass is 507 g/mol. The van der Waals surface area contributed by atoms with Crippen LogP contribution in [0.1, 0.15) is 38.1 Å². The van der Waals surface area contributed by atoms with E-state index in [-0.39, 0.29) is 0 Å². The van der Waals surface area contributed by atoms with Crippen LogP contribution in [0.15, 0.2) is 91.0 Å². The molecule has 0 aliphatic heterocycles. The lowest BCUT2D eigenvalue weighted by atomic mass is 9.99. The van der Waals surface area contributed by atoms with Gasteiger partial charge in [-0.05, 0) is 64.1 Å². The van der Waals surface area contributed by atoms with Crippen LogP contribution in [0.4, 0.5) is 0 Å². The van der Waals surface area contributed by atoms with Crippen molar-refractivity contribution in [2.45, 2.75) is 39.4 Å². The average molecular weight is 508 g/mol. The predicted octanol–water partition coefficient (Wildman–Crippen LogP) is 7.10. The Morgan fingerprint density at radius 2 is 1.47 bits per heavy atom. The zero-order valence-corrected chi connectivity index (χ0v) is 21.8. The summed E-state index contributed by atoms with van der Waals surface area (Å²) in [6.45, 7) is 7.31. The lowest BCUT2D eigenvalue weighted by molar-refractivity contribution is -0.160. The topological polar surface area (TPSA) is 86.0 Å². The summed E-state index contributed by atoms with van der Waals surface area (Å²) < 4.78 is 13.7. The molecule has 5 rings (SSSR count). The molecule has 1 unspecified atom stereocenters. The molecule has 0 spiro atoms. The molecule has 0 aliphatic rings. The van der Waals surface area contributed by atoms with E-state index in [1.165, 1.54) is 0 Å². The van der Waals surface area contributed by atoms with E-state index in [9.17, 15) is 9.90 Å². The Morgan fingerprint density at radius 3 is 2.08 bits per heavy atom. The summed E-state index contributed by atoms with van der Waals surface area (Å²) in [5.41, 5.74) is 3.99. The second-order valence-electron chi connectivity index (χ2n) is 10.0. The molecule has 7 nitrogen and oxygen atoms in total. The van der Waals surface area contributed by atoms with E-state index in [2.05, 4.69) is 0 Å². The van der Waals surface area contributed by atoms with Crippen LogP contribution in [0, 0.1) is 6.92 Å². The molecule has 1 atom stereocenters. The van der Waals surface area contributed by atoms with Crippen molar-refractivity contribution in [2.75, 3.05) is 0 Å². The molecular formula is C31H29N3O4. The molecule has 0 amide bonds. The number of hydrogen-bond donors (Lipinski definition) is 1. The summed E-state index contributed by atoms with van der Waals surface area (Å²) >= 11 is 0. The number of nitrogens with zero attached hydrogens (tertiary/aromatic N) is 3. The van der Waals surface area contributed by atoms with Crippen LogP contribution in [-0.2, 0) is 9.53 Å². The van der Waals surface area contributed by atoms with Crippen molar-refractivity contribution in [3.8, 4) is 34.0 Å². The number of hydrogen-bond acceptors (Lipinski definition) is 5. The third-order valence-electron chi connectivity index (χ3n) is 5.96. The number of ether oxygens (including phenoxy) is 2. The van der Waals surface area contributed by atoms with Gasteiger partial charge in [-0.25, -0.2) is 14.3 Å². The Hall–Kier alpha value is -4.49. The molecule has 0 bridgehead atoms. The molecule has 0 radical (unpaired) electrons. The summed E-state index contributed by atoms with van der Waals surface area (Å²) in [6, 6.07) is 28.8. The minimum absolute atomic E-state index is 0.458. The van der Waals surface area contributed by atoms with E-state index < -0.39 is 17.7 Å². The van der Waals surface area contributed by atoms with Crippen molar-refractivity contribution < 1.29 is 19.4 Å². The van der Waals surface area contributed by atoms with Crippen molar-refractivity contribution in [1.82, 2.24) is 14.6 Å². The Morgan fingerprint density at radius 1 is 0.868 bits per heavy atom. The van der Waals surface area contributed by atoms with Gasteiger partial charge in [0.05, 0.1) is 17.0 Å². The lowest BCUT2D eigenvalue weighted by Gasteiger charge is -2.27. The normalized spacial score (nSPS) is 12.4. The first kappa shape index (κ1) is 25.2. The van der Waals surface area contributed by atoms with Crippen LogP contribution < -0.4 is 4.74 Å². The van der Waals surface area contributed by atoms with Crippen molar-refractivity contribution in [2.24, 2.45) is 0 Å². The Bertz CT molecular complexity index is 1570. The van der Waals surface area contributed by atoms with Crippen molar-refractivity contribution in [1.29, 1.82) is 0 Å². The zero-order valence-electron chi connectivity index (χ0n) is 21.8. The van der Waals surface area contributed by atoms with E-state index in [0.29, 0.717) is 28.3 Å². The van der Waals surface area contributed by atoms with E-state index in [4.69, 9.17) is 19.6 Å². The summed E-state index contributed by atoms with van der Waals surface area (Å²) in [5, 5.41) is 15.1. The molecule has 38 heavy (non-hydrogen) atoms. The van der Waals surface area contributed by atoms with Crippen molar-refractivity contribution >= 4 is 11.6 Å². The predicted molar refractivity (Wildman–Crippen MR) is 146 cm³/mol. The Kier molecular flexibility index (Phi) is 6.70. The maximum absolute atomic E-state index is 12.5. The van der Waals surface area contributed by atoms with Gasteiger partial charge < -0.3 is 14.6 Å². The maximum atomic E-state index is 12.5. The second kappa shape index (κ2) is 10.1. The van der Waals surface area contributed by atoms with Crippen LogP contribution in [-0.4, -0.2) is 31.3 Å². The van der Waals surface area contributed by atoms with Gasteiger partial charge in [-0.3, -0.25) is 0 Å². The third-order valence-corrected chi connectivity index (χ3v) is 5.96. The van der Waals surface area contributed by atoms with Gasteiger partial charge in [0.2, 0.25) is 0 Å². The molecule has 0 fully saturated rings. The average Bonchev–Trinajstić information content (AvgIpc) is 3.31. The first-order valence-electron chi connectivity index (χ1n) is 12.4. The number of carboxylic acids is 1. The van der Waals surface area contributed by atoms with Gasteiger partial charge in [0.15, 0.2) is 11.8 Å². The first-order chi connectivity index (χ1) is 18.2. The SMILES string of the molecule is Cc1nc2cc(-c3ccccc3)nn2c(-c2ccc(Oc3ccccc3)cc2)c1C(OC(C)(C)C)C(=O)O. The summed E-state index contributed by atoms with van der Waals surface area (Å²) in [5.74, 6) is 0.298. The number of rotatable bonds is 7. The fourth-order valence-corrected chi connectivity index (χ4v) is 4.37.